The summed E-state index contributed by atoms with van der Waals surface area (Å²) >= 11 is 0. The zero-order valence-electron chi connectivity index (χ0n) is 13.4. The van der Waals surface area contributed by atoms with Gasteiger partial charge in [-0.1, -0.05) is 19.1 Å². The van der Waals surface area contributed by atoms with Crippen LogP contribution in [0, 0.1) is 5.41 Å². The number of hydrogen-bond donors (Lipinski definition) is 1. The number of fused-ring (bicyclic) bond motifs is 1. The second-order valence-electron chi connectivity index (χ2n) is 6.11. The summed E-state index contributed by atoms with van der Waals surface area (Å²) in [7, 11) is 0. The van der Waals surface area contributed by atoms with E-state index in [0.717, 1.165) is 23.4 Å². The van der Waals surface area contributed by atoms with Crippen molar-refractivity contribution in [1.29, 1.82) is 0 Å². The molecule has 1 N–H and O–H groups in total. The first-order valence-electron chi connectivity index (χ1n) is 7.99. The number of anilines is 1. The monoisotopic (exact) mass is 322 g/mol. The highest BCUT2D eigenvalue weighted by atomic mass is 16.5. The molecule has 0 aliphatic carbocycles. The van der Waals surface area contributed by atoms with Crippen molar-refractivity contribution in [1.82, 2.24) is 14.4 Å². The lowest BCUT2D eigenvalue weighted by Gasteiger charge is -2.38. The van der Waals surface area contributed by atoms with E-state index in [-0.39, 0.29) is 11.3 Å². The number of benzene rings is 1. The molecule has 3 aromatic rings. The minimum absolute atomic E-state index is 0.0186. The van der Waals surface area contributed by atoms with Crippen molar-refractivity contribution >= 4 is 17.4 Å². The quantitative estimate of drug-likeness (QED) is 0.802. The first kappa shape index (κ1) is 14.8. The van der Waals surface area contributed by atoms with Crippen molar-refractivity contribution in [3.63, 3.8) is 0 Å². The summed E-state index contributed by atoms with van der Waals surface area (Å²) in [4.78, 5) is 21.3. The van der Waals surface area contributed by atoms with Crippen molar-refractivity contribution in [3.8, 4) is 11.3 Å². The van der Waals surface area contributed by atoms with E-state index < -0.39 is 0 Å². The Bertz CT molecular complexity index is 860. The molecule has 24 heavy (non-hydrogen) atoms. The van der Waals surface area contributed by atoms with Crippen molar-refractivity contribution in [2.45, 2.75) is 13.3 Å². The van der Waals surface area contributed by atoms with E-state index in [1.165, 1.54) is 0 Å². The Kier molecular flexibility index (Phi) is 3.54. The maximum absolute atomic E-state index is 12.5. The van der Waals surface area contributed by atoms with Crippen LogP contribution in [0.2, 0.25) is 0 Å². The summed E-state index contributed by atoms with van der Waals surface area (Å²) < 4.78 is 7.11. The average Bonchev–Trinajstić information content (AvgIpc) is 2.99. The Balaban J connectivity index is 1.60. The molecule has 1 saturated heterocycles. The van der Waals surface area contributed by atoms with Crippen LogP contribution in [0.15, 0.2) is 48.9 Å². The van der Waals surface area contributed by atoms with Gasteiger partial charge in [0.2, 0.25) is 11.7 Å². The number of nitrogens with zero attached hydrogens (tertiary/aromatic N) is 3. The maximum Gasteiger partial charge on any atom is 0.235 e. The van der Waals surface area contributed by atoms with Gasteiger partial charge in [-0.05, 0) is 24.6 Å². The third kappa shape index (κ3) is 2.45. The molecule has 0 atom stereocenters. The Morgan fingerprint density at radius 2 is 2.25 bits per heavy atom. The average molecular weight is 322 g/mol. The fraction of sp³-hybridized carbons (Fsp3) is 0.278. The Hall–Kier alpha value is -2.73. The van der Waals surface area contributed by atoms with Crippen LogP contribution in [-0.2, 0) is 9.53 Å². The summed E-state index contributed by atoms with van der Waals surface area (Å²) in [6.45, 7) is 3.00. The molecule has 6 heteroatoms. The summed E-state index contributed by atoms with van der Waals surface area (Å²) in [6.07, 6.45) is 6.33. The van der Waals surface area contributed by atoms with Crippen LogP contribution in [0.4, 0.5) is 5.69 Å². The van der Waals surface area contributed by atoms with Gasteiger partial charge in [-0.2, -0.15) is 0 Å². The molecule has 0 bridgehead atoms. The molecule has 1 fully saturated rings. The number of nitrogens with one attached hydrogen (secondary N) is 1. The van der Waals surface area contributed by atoms with Gasteiger partial charge in [-0.3, -0.25) is 9.20 Å². The van der Waals surface area contributed by atoms with Gasteiger partial charge in [0.25, 0.3) is 0 Å². The number of amides is 1. The largest absolute Gasteiger partial charge is 0.379 e. The van der Waals surface area contributed by atoms with Crippen LogP contribution in [0.5, 0.6) is 0 Å². The third-order valence-electron chi connectivity index (χ3n) is 4.57. The topological polar surface area (TPSA) is 68.5 Å². The number of hydrogen-bond acceptors (Lipinski definition) is 4. The smallest absolute Gasteiger partial charge is 0.235 e. The van der Waals surface area contributed by atoms with Crippen LogP contribution in [0.1, 0.15) is 13.3 Å². The number of imidazole rings is 1. The highest BCUT2D eigenvalue weighted by Crippen LogP contribution is 2.33. The van der Waals surface area contributed by atoms with Gasteiger partial charge >= 0.3 is 0 Å². The summed E-state index contributed by atoms with van der Waals surface area (Å²) in [5.41, 5.74) is 2.14. The molecule has 0 unspecified atom stereocenters. The Morgan fingerprint density at radius 1 is 1.38 bits per heavy atom. The fourth-order valence-corrected chi connectivity index (χ4v) is 2.83. The molecule has 4 rings (SSSR count). The second kappa shape index (κ2) is 5.72. The lowest BCUT2D eigenvalue weighted by Crippen LogP contribution is -2.51. The molecule has 122 valence electrons. The highest BCUT2D eigenvalue weighted by molar-refractivity contribution is 5.96. The molecule has 1 aliphatic heterocycles. The van der Waals surface area contributed by atoms with Crippen LogP contribution in [-0.4, -0.2) is 33.5 Å². The Labute approximate surface area is 139 Å². The van der Waals surface area contributed by atoms with Gasteiger partial charge in [0.15, 0.2) is 0 Å². The van der Waals surface area contributed by atoms with Gasteiger partial charge in [0.1, 0.15) is 0 Å². The van der Waals surface area contributed by atoms with Crippen molar-refractivity contribution in [3.05, 3.63) is 48.9 Å². The van der Waals surface area contributed by atoms with Gasteiger partial charge in [-0.25, -0.2) is 9.97 Å². The second-order valence-corrected chi connectivity index (χ2v) is 6.11. The Morgan fingerprint density at radius 3 is 2.96 bits per heavy atom. The summed E-state index contributed by atoms with van der Waals surface area (Å²) in [5, 5.41) is 3.01. The summed E-state index contributed by atoms with van der Waals surface area (Å²) in [5.74, 6) is 0.670. The zero-order chi connectivity index (χ0) is 16.6. The van der Waals surface area contributed by atoms with Gasteiger partial charge in [0.05, 0.1) is 24.3 Å². The molecule has 0 radical (unpaired) electrons. The number of carbonyl (C=O) groups is 1. The normalized spacial score (nSPS) is 15.9. The predicted molar refractivity (Wildman–Crippen MR) is 90.6 cm³/mol. The zero-order valence-corrected chi connectivity index (χ0v) is 13.4. The molecule has 6 nitrogen and oxygen atoms in total. The van der Waals surface area contributed by atoms with Gasteiger partial charge in [-0.15, -0.1) is 0 Å². The van der Waals surface area contributed by atoms with Crippen LogP contribution in [0.3, 0.4) is 0 Å². The third-order valence-corrected chi connectivity index (χ3v) is 4.57. The van der Waals surface area contributed by atoms with Crippen molar-refractivity contribution in [2.75, 3.05) is 18.5 Å². The molecule has 1 aliphatic rings. The molecule has 2 aromatic heterocycles. The van der Waals surface area contributed by atoms with E-state index in [4.69, 9.17) is 4.74 Å². The van der Waals surface area contributed by atoms with E-state index in [1.54, 1.807) is 6.20 Å². The lowest BCUT2D eigenvalue weighted by atomic mass is 9.82. The number of aromatic nitrogens is 3. The van der Waals surface area contributed by atoms with E-state index in [0.29, 0.717) is 19.0 Å². The first-order valence-corrected chi connectivity index (χ1v) is 7.99. The van der Waals surface area contributed by atoms with Crippen molar-refractivity contribution in [2.24, 2.45) is 5.41 Å². The standard InChI is InChI=1S/C18H18N4O2/c1-2-18(11-24-12-18)16(23)20-14-6-3-5-13(9-14)15-10-22-8-4-7-19-17(22)21-15/h3-10H,2,11-12H2,1H3,(H,20,23). The van der Waals surface area contributed by atoms with E-state index in [9.17, 15) is 4.79 Å². The molecular weight excluding hydrogens is 304 g/mol. The fourth-order valence-electron chi connectivity index (χ4n) is 2.83. The minimum Gasteiger partial charge on any atom is -0.379 e. The number of carbonyl (C=O) groups excluding carboxylic acids is 1. The molecule has 3 heterocycles. The number of ether oxygens (including phenoxy) is 1. The maximum atomic E-state index is 12.5. The first-order chi connectivity index (χ1) is 11.7. The number of rotatable bonds is 4. The van der Waals surface area contributed by atoms with E-state index >= 15 is 0 Å². The minimum atomic E-state index is -0.386. The SMILES string of the molecule is CCC1(C(=O)Nc2cccc(-c3cn4cccnc4n3)c2)COC1. The van der Waals surface area contributed by atoms with Gasteiger partial charge in [0, 0.05) is 29.8 Å². The predicted octanol–water partition coefficient (Wildman–Crippen LogP) is 2.76. The lowest BCUT2D eigenvalue weighted by molar-refractivity contribution is -0.156. The molecule has 0 saturated carbocycles. The van der Waals surface area contributed by atoms with Gasteiger partial charge < -0.3 is 10.1 Å². The molecule has 1 amide bonds. The highest BCUT2D eigenvalue weighted by Gasteiger charge is 2.44. The van der Waals surface area contributed by atoms with Crippen LogP contribution < -0.4 is 5.32 Å². The van der Waals surface area contributed by atoms with Crippen LogP contribution in [0.25, 0.3) is 17.0 Å². The van der Waals surface area contributed by atoms with E-state index in [1.807, 2.05) is 54.0 Å². The van der Waals surface area contributed by atoms with Crippen LogP contribution >= 0.6 is 0 Å². The van der Waals surface area contributed by atoms with E-state index in [2.05, 4.69) is 15.3 Å². The molecule has 1 aromatic carbocycles. The molecule has 0 spiro atoms. The van der Waals surface area contributed by atoms with Crippen molar-refractivity contribution < 1.29 is 9.53 Å². The molecular formula is C18H18N4O2. The summed E-state index contributed by atoms with van der Waals surface area (Å²) in [6, 6.07) is 9.57.